The van der Waals surface area contributed by atoms with Gasteiger partial charge in [-0.3, -0.25) is 0 Å². The largest absolute Gasteiger partial charge is 0.465 e. The summed E-state index contributed by atoms with van der Waals surface area (Å²) < 4.78 is 4.92. The monoisotopic (exact) mass is 557 g/mol. The lowest BCUT2D eigenvalue weighted by Gasteiger charge is -2.71. The summed E-state index contributed by atoms with van der Waals surface area (Å²) in [6, 6.07) is 7.98. The molecule has 4 saturated carbocycles. The molecule has 4 nitrogen and oxygen atoms in total. The molecule has 222 valence electrons. The predicted molar refractivity (Wildman–Crippen MR) is 165 cm³/mol. The molecule has 5 aliphatic rings. The molecule has 1 aromatic carbocycles. The summed E-state index contributed by atoms with van der Waals surface area (Å²) in [5.74, 6) is 1.98. The number of hydrogen-bond donors (Lipinski definition) is 1. The highest BCUT2D eigenvalue weighted by Gasteiger charge is 2.71. The van der Waals surface area contributed by atoms with Gasteiger partial charge in [-0.15, -0.1) is 0 Å². The van der Waals surface area contributed by atoms with Gasteiger partial charge in [0.2, 0.25) is 0 Å². The number of esters is 1. The molecule has 0 aromatic heterocycles. The Hall–Kier alpha value is -2.20. The number of fused-ring (bicyclic) bond motifs is 7. The molecule has 6 rings (SSSR count). The quantitative estimate of drug-likeness (QED) is 0.231. The second kappa shape index (κ2) is 9.40. The van der Waals surface area contributed by atoms with Crippen molar-refractivity contribution < 1.29 is 14.3 Å². The first-order chi connectivity index (χ1) is 19.3. The fourth-order valence-electron chi connectivity index (χ4n) is 12.1. The Balaban J connectivity index is 1.35. The van der Waals surface area contributed by atoms with Gasteiger partial charge in [0.25, 0.3) is 0 Å². The number of hydrogen-bond acceptors (Lipinski definition) is 4. The molecular formula is C37H51NO3. The van der Waals surface area contributed by atoms with Crippen molar-refractivity contribution in [3.05, 3.63) is 53.6 Å². The van der Waals surface area contributed by atoms with Crippen molar-refractivity contribution in [2.24, 2.45) is 57.0 Å². The van der Waals surface area contributed by atoms with Crippen molar-refractivity contribution in [1.29, 1.82) is 0 Å². The Bertz CT molecular complexity index is 1290. The summed E-state index contributed by atoms with van der Waals surface area (Å²) in [5.41, 5.74) is 12.1. The zero-order valence-corrected chi connectivity index (χ0v) is 26.2. The second-order valence-electron chi connectivity index (χ2n) is 15.8. The number of ether oxygens (including phenoxy) is 1. The number of aldehydes is 1. The van der Waals surface area contributed by atoms with E-state index < -0.39 is 0 Å². The third kappa shape index (κ3) is 3.74. The summed E-state index contributed by atoms with van der Waals surface area (Å²) in [5, 5.41) is 0. The van der Waals surface area contributed by atoms with Crippen LogP contribution in [0.1, 0.15) is 108 Å². The topological polar surface area (TPSA) is 69.4 Å². The predicted octanol–water partition coefficient (Wildman–Crippen LogP) is 8.01. The fraction of sp³-hybridized carbons (Fsp3) is 0.676. The van der Waals surface area contributed by atoms with E-state index in [-0.39, 0.29) is 33.2 Å². The fourth-order valence-corrected chi connectivity index (χ4v) is 12.1. The minimum atomic E-state index is -0.292. The first-order valence-electron chi connectivity index (χ1n) is 16.1. The van der Waals surface area contributed by atoms with Crippen LogP contribution in [0.3, 0.4) is 0 Å². The van der Waals surface area contributed by atoms with E-state index in [2.05, 4.69) is 59.4 Å². The third-order valence-electron chi connectivity index (χ3n) is 14.1. The third-order valence-corrected chi connectivity index (χ3v) is 14.1. The highest BCUT2D eigenvalue weighted by molar-refractivity contribution is 5.90. The van der Waals surface area contributed by atoms with E-state index in [9.17, 15) is 9.59 Å². The van der Waals surface area contributed by atoms with Crippen molar-refractivity contribution in [2.45, 2.75) is 97.9 Å². The van der Waals surface area contributed by atoms with Crippen molar-refractivity contribution in [2.75, 3.05) is 7.11 Å². The van der Waals surface area contributed by atoms with Gasteiger partial charge in [-0.1, -0.05) is 58.1 Å². The minimum absolute atomic E-state index is 0.00938. The molecule has 5 aliphatic carbocycles. The average molecular weight is 558 g/mol. The highest BCUT2D eigenvalue weighted by Crippen LogP contribution is 2.74. The van der Waals surface area contributed by atoms with Crippen LogP contribution in [0, 0.1) is 51.2 Å². The standard InChI is InChI=1S/C37H51NO3/c1-23(2)26-14-19-36(22-39)20-21-37(38)28(31(26)36)12-13-30-34(5)17-15-27(24-8-10-25(11-9-24)32(40)41-7)33(3,4)29(34)16-18-35(30,37)6/h8-11,15,22,26,28-31H,1,12-14,16-21,38H2,2-7H3/t26-,28-,29+,30-,31-,34+,35-,36?,37+/m1/s1. The Kier molecular flexibility index (Phi) is 6.62. The first-order valence-corrected chi connectivity index (χ1v) is 16.1. The van der Waals surface area contributed by atoms with E-state index in [4.69, 9.17) is 10.5 Å². The van der Waals surface area contributed by atoms with Gasteiger partial charge in [-0.05, 0) is 134 Å². The Labute approximate surface area is 247 Å². The van der Waals surface area contributed by atoms with Gasteiger partial charge in [0.1, 0.15) is 6.29 Å². The molecule has 0 amide bonds. The molecule has 0 spiro atoms. The molecule has 41 heavy (non-hydrogen) atoms. The van der Waals surface area contributed by atoms with Gasteiger partial charge < -0.3 is 15.3 Å². The molecule has 1 unspecified atom stereocenters. The van der Waals surface area contributed by atoms with Crippen molar-refractivity contribution in [3.8, 4) is 0 Å². The van der Waals surface area contributed by atoms with E-state index in [1.165, 1.54) is 42.9 Å². The van der Waals surface area contributed by atoms with Gasteiger partial charge in [0, 0.05) is 11.0 Å². The number of nitrogens with two attached hydrogens (primary N) is 1. The Morgan fingerprint density at radius 3 is 2.32 bits per heavy atom. The van der Waals surface area contributed by atoms with Gasteiger partial charge in [0.05, 0.1) is 12.7 Å². The van der Waals surface area contributed by atoms with Crippen molar-refractivity contribution in [1.82, 2.24) is 0 Å². The molecule has 1 aromatic rings. The summed E-state index contributed by atoms with van der Waals surface area (Å²) in [6.07, 6.45) is 13.6. The maximum absolute atomic E-state index is 12.7. The molecule has 0 radical (unpaired) electrons. The second-order valence-corrected chi connectivity index (χ2v) is 15.8. The van der Waals surface area contributed by atoms with Crippen LogP contribution in [0.5, 0.6) is 0 Å². The average Bonchev–Trinajstić information content (AvgIpc) is 3.33. The van der Waals surface area contributed by atoms with Crippen LogP contribution in [0.4, 0.5) is 0 Å². The van der Waals surface area contributed by atoms with Crippen LogP contribution >= 0.6 is 0 Å². The van der Waals surface area contributed by atoms with E-state index in [0.717, 1.165) is 44.9 Å². The maximum atomic E-state index is 12.7. The number of benzene rings is 1. The highest BCUT2D eigenvalue weighted by atomic mass is 16.5. The first kappa shape index (κ1) is 28.9. The molecule has 0 saturated heterocycles. The smallest absolute Gasteiger partial charge is 0.337 e. The molecule has 0 aliphatic heterocycles. The SMILES string of the molecule is C=C(C)[C@H]1CCC2(C=O)CC[C@]3(N)[C@H](CC[C@@H]4[C@@]5(C)CC=C(c6ccc(C(=O)OC)cc6)C(C)(C)[C@@H]5CC[C@]43C)[C@@H]12. The summed E-state index contributed by atoms with van der Waals surface area (Å²) in [4.78, 5) is 24.7. The van der Waals surface area contributed by atoms with Crippen molar-refractivity contribution >= 4 is 17.8 Å². The molecule has 0 bridgehead atoms. The summed E-state index contributed by atoms with van der Waals surface area (Å²) >= 11 is 0. The molecular weight excluding hydrogens is 506 g/mol. The normalized spacial score (nSPS) is 44.4. The van der Waals surface area contributed by atoms with E-state index >= 15 is 0 Å². The van der Waals surface area contributed by atoms with Crippen LogP contribution in [0.2, 0.25) is 0 Å². The maximum Gasteiger partial charge on any atom is 0.337 e. The van der Waals surface area contributed by atoms with Crippen LogP contribution in [0.15, 0.2) is 42.5 Å². The van der Waals surface area contributed by atoms with E-state index in [1.54, 1.807) is 0 Å². The number of methoxy groups -OCH3 is 1. The summed E-state index contributed by atoms with van der Waals surface area (Å²) in [6.45, 7) is 16.6. The number of carbonyl (C=O) groups is 2. The van der Waals surface area contributed by atoms with Gasteiger partial charge in [-0.2, -0.15) is 0 Å². The molecule has 9 atom stereocenters. The molecule has 2 N–H and O–H groups in total. The van der Waals surface area contributed by atoms with Crippen molar-refractivity contribution in [3.63, 3.8) is 0 Å². The molecule has 4 fully saturated rings. The zero-order chi connectivity index (χ0) is 29.6. The Morgan fingerprint density at radius 2 is 1.68 bits per heavy atom. The number of carbonyl (C=O) groups excluding carboxylic acids is 2. The lowest BCUT2D eigenvalue weighted by Crippen LogP contribution is -2.73. The van der Waals surface area contributed by atoms with Gasteiger partial charge in [0.15, 0.2) is 0 Å². The van der Waals surface area contributed by atoms with Gasteiger partial charge in [-0.25, -0.2) is 4.79 Å². The van der Waals surface area contributed by atoms with E-state index in [1.807, 2.05) is 12.1 Å². The molecule has 4 heteroatoms. The molecule has 0 heterocycles. The number of rotatable bonds is 4. The van der Waals surface area contributed by atoms with Crippen LogP contribution in [-0.2, 0) is 9.53 Å². The lowest BCUT2D eigenvalue weighted by atomic mass is 9.34. The van der Waals surface area contributed by atoms with E-state index in [0.29, 0.717) is 35.2 Å². The van der Waals surface area contributed by atoms with Crippen LogP contribution in [0.25, 0.3) is 5.57 Å². The minimum Gasteiger partial charge on any atom is -0.465 e. The Morgan fingerprint density at radius 1 is 0.976 bits per heavy atom. The zero-order valence-electron chi connectivity index (χ0n) is 26.2. The number of allylic oxidation sites excluding steroid dienone is 3. The summed E-state index contributed by atoms with van der Waals surface area (Å²) in [7, 11) is 1.43. The van der Waals surface area contributed by atoms with Crippen LogP contribution in [-0.4, -0.2) is 24.9 Å². The van der Waals surface area contributed by atoms with Gasteiger partial charge >= 0.3 is 5.97 Å². The lowest BCUT2D eigenvalue weighted by molar-refractivity contribution is -0.191. The van der Waals surface area contributed by atoms with Crippen LogP contribution < -0.4 is 5.73 Å².